The molecule has 0 N–H and O–H groups in total. The molecule has 0 spiro atoms. The van der Waals surface area contributed by atoms with Crippen molar-refractivity contribution >= 4 is 11.9 Å². The third-order valence-corrected chi connectivity index (χ3v) is 4.83. The highest BCUT2D eigenvalue weighted by Gasteiger charge is 2.35. The second-order valence-corrected chi connectivity index (χ2v) is 6.35. The lowest BCUT2D eigenvalue weighted by molar-refractivity contribution is -0.151. The van der Waals surface area contributed by atoms with Crippen LogP contribution < -0.4 is 0 Å². The number of hydrogen-bond donors (Lipinski definition) is 0. The summed E-state index contributed by atoms with van der Waals surface area (Å²) in [5, 5.41) is 0. The molecule has 2 aromatic carbocycles. The van der Waals surface area contributed by atoms with Gasteiger partial charge in [0.2, 0.25) is 5.91 Å². The van der Waals surface area contributed by atoms with Crippen molar-refractivity contribution < 1.29 is 14.3 Å². The van der Waals surface area contributed by atoms with E-state index < -0.39 is 6.04 Å². The van der Waals surface area contributed by atoms with E-state index in [0.29, 0.717) is 19.4 Å². The zero-order valence-corrected chi connectivity index (χ0v) is 14.4. The molecule has 1 amide bonds. The first-order chi connectivity index (χ1) is 12.2. The minimum absolute atomic E-state index is 0.00519. The molecule has 1 fully saturated rings. The van der Waals surface area contributed by atoms with Crippen LogP contribution >= 0.6 is 0 Å². The number of benzene rings is 2. The second kappa shape index (κ2) is 7.97. The molecule has 0 radical (unpaired) electrons. The highest BCUT2D eigenvalue weighted by molar-refractivity contribution is 5.85. The first-order valence-electron chi connectivity index (χ1n) is 8.68. The largest absolute Gasteiger partial charge is 0.467 e. The molecule has 0 unspecified atom stereocenters. The molecule has 1 heterocycles. The van der Waals surface area contributed by atoms with Crippen LogP contribution in [0.2, 0.25) is 0 Å². The molecule has 1 atom stereocenters. The molecular weight excluding hydrogens is 314 g/mol. The van der Waals surface area contributed by atoms with Gasteiger partial charge in [-0.25, -0.2) is 4.79 Å². The fourth-order valence-electron chi connectivity index (χ4n) is 3.54. The predicted molar refractivity (Wildman–Crippen MR) is 96.1 cm³/mol. The zero-order valence-electron chi connectivity index (χ0n) is 14.4. The molecule has 4 heteroatoms. The molecule has 3 rings (SSSR count). The van der Waals surface area contributed by atoms with Gasteiger partial charge in [-0.1, -0.05) is 60.7 Å². The minimum atomic E-state index is -0.440. The first kappa shape index (κ1) is 17.2. The first-order valence-corrected chi connectivity index (χ1v) is 8.68. The third kappa shape index (κ3) is 3.90. The van der Waals surface area contributed by atoms with Crippen molar-refractivity contribution in [2.45, 2.75) is 31.2 Å². The van der Waals surface area contributed by atoms with Gasteiger partial charge in [0.15, 0.2) is 0 Å². The average molecular weight is 337 g/mol. The number of carbonyl (C=O) groups is 2. The van der Waals surface area contributed by atoms with Gasteiger partial charge in [0.1, 0.15) is 6.04 Å². The number of rotatable bonds is 5. The van der Waals surface area contributed by atoms with Crippen molar-refractivity contribution in [3.63, 3.8) is 0 Å². The Morgan fingerprint density at radius 3 is 2.12 bits per heavy atom. The van der Waals surface area contributed by atoms with Gasteiger partial charge in [0.05, 0.1) is 7.11 Å². The summed E-state index contributed by atoms with van der Waals surface area (Å²) in [7, 11) is 1.38. The maximum absolute atomic E-state index is 13.0. The molecule has 0 aromatic heterocycles. The molecule has 4 nitrogen and oxygen atoms in total. The highest BCUT2D eigenvalue weighted by Crippen LogP contribution is 2.30. The average Bonchev–Trinajstić information content (AvgIpc) is 3.16. The van der Waals surface area contributed by atoms with E-state index in [1.165, 1.54) is 7.11 Å². The van der Waals surface area contributed by atoms with E-state index in [-0.39, 0.29) is 17.8 Å². The predicted octanol–water partition coefficient (Wildman–Crippen LogP) is 3.37. The van der Waals surface area contributed by atoms with E-state index in [1.54, 1.807) is 4.90 Å². The number of ether oxygens (including phenoxy) is 1. The maximum Gasteiger partial charge on any atom is 0.328 e. The molecule has 0 saturated carbocycles. The zero-order chi connectivity index (χ0) is 17.6. The summed E-state index contributed by atoms with van der Waals surface area (Å²) in [5.41, 5.74) is 2.21. The van der Waals surface area contributed by atoms with Crippen LogP contribution in [-0.2, 0) is 14.3 Å². The van der Waals surface area contributed by atoms with E-state index in [9.17, 15) is 9.59 Å². The summed E-state index contributed by atoms with van der Waals surface area (Å²) in [6.45, 7) is 0.620. The highest BCUT2D eigenvalue weighted by atomic mass is 16.5. The fourth-order valence-corrected chi connectivity index (χ4v) is 3.54. The Labute approximate surface area is 148 Å². The van der Waals surface area contributed by atoms with Crippen LogP contribution in [0, 0.1) is 0 Å². The number of methoxy groups -OCH3 is 1. The molecular formula is C21H23NO3. The van der Waals surface area contributed by atoms with Crippen LogP contribution in [0.3, 0.4) is 0 Å². The Morgan fingerprint density at radius 2 is 1.60 bits per heavy atom. The van der Waals surface area contributed by atoms with Crippen LogP contribution in [0.5, 0.6) is 0 Å². The van der Waals surface area contributed by atoms with Crippen molar-refractivity contribution in [2.24, 2.45) is 0 Å². The normalized spacial score (nSPS) is 16.9. The number of likely N-dealkylation sites (tertiary alicyclic amines) is 1. The van der Waals surface area contributed by atoms with E-state index in [1.807, 2.05) is 60.7 Å². The number of nitrogens with zero attached hydrogens (tertiary/aromatic N) is 1. The Bertz CT molecular complexity index is 675. The third-order valence-electron chi connectivity index (χ3n) is 4.83. The van der Waals surface area contributed by atoms with Crippen LogP contribution in [0.25, 0.3) is 0 Å². The van der Waals surface area contributed by atoms with E-state index >= 15 is 0 Å². The minimum Gasteiger partial charge on any atom is -0.467 e. The number of amides is 1. The van der Waals surface area contributed by atoms with Gasteiger partial charge in [-0.3, -0.25) is 4.79 Å². The van der Waals surface area contributed by atoms with Crippen LogP contribution in [0.15, 0.2) is 60.7 Å². The summed E-state index contributed by atoms with van der Waals surface area (Å²) in [5.74, 6) is -0.332. The van der Waals surface area contributed by atoms with Gasteiger partial charge >= 0.3 is 5.97 Å². The lowest BCUT2D eigenvalue weighted by Crippen LogP contribution is -2.41. The van der Waals surface area contributed by atoms with Gasteiger partial charge in [-0.2, -0.15) is 0 Å². The number of hydrogen-bond acceptors (Lipinski definition) is 3. The Kier molecular flexibility index (Phi) is 5.49. The van der Waals surface area contributed by atoms with E-state index in [4.69, 9.17) is 4.74 Å². The number of esters is 1. The summed E-state index contributed by atoms with van der Waals surface area (Å²) in [6.07, 6.45) is 1.87. The quantitative estimate of drug-likeness (QED) is 0.786. The molecule has 0 bridgehead atoms. The summed E-state index contributed by atoms with van der Waals surface area (Å²) >= 11 is 0. The van der Waals surface area contributed by atoms with Gasteiger partial charge in [0.25, 0.3) is 0 Å². The van der Waals surface area contributed by atoms with E-state index in [0.717, 1.165) is 17.5 Å². The molecule has 1 saturated heterocycles. The number of carbonyl (C=O) groups excluding carboxylic acids is 2. The smallest absolute Gasteiger partial charge is 0.328 e. The topological polar surface area (TPSA) is 46.6 Å². The van der Waals surface area contributed by atoms with Crippen molar-refractivity contribution in [1.82, 2.24) is 4.90 Å². The molecule has 130 valence electrons. The molecule has 25 heavy (non-hydrogen) atoms. The maximum atomic E-state index is 13.0. The van der Waals surface area contributed by atoms with Crippen molar-refractivity contribution in [3.05, 3.63) is 71.8 Å². The molecule has 1 aliphatic heterocycles. The van der Waals surface area contributed by atoms with E-state index in [2.05, 4.69) is 0 Å². The monoisotopic (exact) mass is 337 g/mol. The summed E-state index contributed by atoms with van der Waals surface area (Å²) in [4.78, 5) is 26.6. The van der Waals surface area contributed by atoms with Gasteiger partial charge < -0.3 is 9.64 Å². The van der Waals surface area contributed by atoms with Crippen molar-refractivity contribution in [3.8, 4) is 0 Å². The van der Waals surface area contributed by atoms with Crippen molar-refractivity contribution in [2.75, 3.05) is 13.7 Å². The second-order valence-electron chi connectivity index (χ2n) is 6.35. The lowest BCUT2D eigenvalue weighted by atomic mass is 9.88. The Balaban J connectivity index is 1.83. The van der Waals surface area contributed by atoms with Crippen LogP contribution in [-0.4, -0.2) is 36.5 Å². The molecule has 2 aromatic rings. The van der Waals surface area contributed by atoms with Crippen LogP contribution in [0.4, 0.5) is 0 Å². The van der Waals surface area contributed by atoms with Crippen molar-refractivity contribution in [1.29, 1.82) is 0 Å². The van der Waals surface area contributed by atoms with Gasteiger partial charge in [-0.05, 0) is 24.0 Å². The molecule has 1 aliphatic rings. The Hall–Kier alpha value is -2.62. The summed E-state index contributed by atoms with van der Waals surface area (Å²) < 4.78 is 4.86. The Morgan fingerprint density at radius 1 is 1.04 bits per heavy atom. The fraction of sp³-hybridized carbons (Fsp3) is 0.333. The molecule has 0 aliphatic carbocycles. The lowest BCUT2D eigenvalue weighted by Gasteiger charge is -2.25. The standard InChI is InChI=1S/C21H23NO3/c1-25-21(24)19-13-8-14-22(19)20(23)15-18(16-9-4-2-5-10-16)17-11-6-3-7-12-17/h2-7,9-12,18-19H,8,13-15H2,1H3/t19-/m0/s1. The van der Waals surface area contributed by atoms with Gasteiger partial charge in [-0.15, -0.1) is 0 Å². The van der Waals surface area contributed by atoms with Gasteiger partial charge in [0, 0.05) is 18.9 Å². The summed E-state index contributed by atoms with van der Waals surface area (Å²) in [6, 6.07) is 19.7. The SMILES string of the molecule is COC(=O)[C@@H]1CCCN1C(=O)CC(c1ccccc1)c1ccccc1. The van der Waals surface area contributed by atoms with Crippen LogP contribution in [0.1, 0.15) is 36.3 Å².